The third-order valence-electron chi connectivity index (χ3n) is 1.08. The van der Waals surface area contributed by atoms with Crippen LogP contribution in [0.4, 0.5) is 0 Å². The molecule has 1 fully saturated rings. The molecule has 48 valence electrons. The largest absolute Gasteiger partial charge is 1.00 e. The minimum atomic E-state index is -0.764. The zero-order chi connectivity index (χ0) is 6.04. The Morgan fingerprint density at radius 1 is 1.78 bits per heavy atom. The molecule has 0 spiro atoms. The van der Waals surface area contributed by atoms with Crippen LogP contribution in [0, 0.1) is 6.61 Å². The first kappa shape index (κ1) is 10.7. The molecule has 4 heteroatoms. The molecule has 1 saturated heterocycles. The zero-order valence-electron chi connectivity index (χ0n) is 5.76. The van der Waals surface area contributed by atoms with Crippen LogP contribution in [0.2, 0.25) is 0 Å². The second-order valence-electron chi connectivity index (χ2n) is 1.89. The molecule has 9 heavy (non-hydrogen) atoms. The van der Waals surface area contributed by atoms with E-state index in [1.807, 2.05) is 0 Å². The fourth-order valence-electron chi connectivity index (χ4n) is 0.538. The number of aliphatic hydroxyl groups excluding tert-OH is 1. The van der Waals surface area contributed by atoms with Gasteiger partial charge in [-0.2, -0.15) is 6.61 Å². The van der Waals surface area contributed by atoms with Gasteiger partial charge >= 0.3 is 58.2 Å². The van der Waals surface area contributed by atoms with E-state index in [4.69, 9.17) is 14.6 Å². The van der Waals surface area contributed by atoms with Crippen molar-refractivity contribution >= 4 is 0 Å². The van der Waals surface area contributed by atoms with Crippen LogP contribution in [0.5, 0.6) is 0 Å². The second-order valence-corrected chi connectivity index (χ2v) is 1.89. The summed E-state index contributed by atoms with van der Waals surface area (Å²) >= 11 is 0. The number of rotatable bonds is 1. The Labute approximate surface area is 104 Å². The van der Waals surface area contributed by atoms with E-state index >= 15 is 0 Å². The Morgan fingerprint density at radius 3 is 2.67 bits per heavy atom. The minimum absolute atomic E-state index is 0. The first-order chi connectivity index (χ1) is 3.77. The van der Waals surface area contributed by atoms with E-state index in [0.717, 1.165) is 0 Å². The fraction of sp³-hybridized carbons (Fsp3) is 0.800. The summed E-state index contributed by atoms with van der Waals surface area (Å²) in [5.41, 5.74) is 0. The maximum Gasteiger partial charge on any atom is 1.00 e. The number of ether oxygens (including phenoxy) is 2. The summed E-state index contributed by atoms with van der Waals surface area (Å²) in [4.78, 5) is 0. The van der Waals surface area contributed by atoms with Crippen molar-refractivity contribution in [3.8, 4) is 0 Å². The van der Waals surface area contributed by atoms with Gasteiger partial charge in [-0.05, 0) is 6.92 Å². The van der Waals surface area contributed by atoms with Gasteiger partial charge in [0.1, 0.15) is 0 Å². The molecule has 0 bridgehead atoms. The first-order valence-electron chi connectivity index (χ1n) is 2.51. The molecule has 0 saturated carbocycles. The van der Waals surface area contributed by atoms with Crippen molar-refractivity contribution in [3.63, 3.8) is 0 Å². The van der Waals surface area contributed by atoms with Gasteiger partial charge in [0.15, 0.2) is 5.79 Å². The summed E-state index contributed by atoms with van der Waals surface area (Å²) < 4.78 is 9.85. The summed E-state index contributed by atoms with van der Waals surface area (Å²) in [5.74, 6) is -0.764. The molecule has 1 atom stereocenters. The molecule has 0 aromatic heterocycles. The van der Waals surface area contributed by atoms with E-state index in [0.29, 0.717) is 6.61 Å². The zero-order valence-corrected chi connectivity index (χ0v) is 10.7. The van der Waals surface area contributed by atoms with Gasteiger partial charge in [0, 0.05) is 0 Å². The smallest absolute Gasteiger partial charge is 0.524 e. The predicted molar refractivity (Wildman–Crippen MR) is 26.8 cm³/mol. The van der Waals surface area contributed by atoms with E-state index in [-0.39, 0.29) is 64.8 Å². The Balaban J connectivity index is 0.000000640. The topological polar surface area (TPSA) is 38.7 Å². The molecule has 0 amide bonds. The van der Waals surface area contributed by atoms with Crippen LogP contribution in [0.1, 0.15) is 6.92 Å². The third-order valence-corrected chi connectivity index (χ3v) is 1.08. The molecule has 0 aromatic carbocycles. The van der Waals surface area contributed by atoms with E-state index in [2.05, 4.69) is 0 Å². The minimum Gasteiger partial charge on any atom is -0.524 e. The first-order valence-corrected chi connectivity index (χ1v) is 2.51. The van der Waals surface area contributed by atoms with Gasteiger partial charge in [-0.3, -0.25) is 0 Å². The Kier molecular flexibility index (Phi) is 5.39. The average molecular weight is 203 g/mol. The van der Waals surface area contributed by atoms with E-state index in [9.17, 15) is 0 Å². The quantitative estimate of drug-likeness (QED) is 0.458. The van der Waals surface area contributed by atoms with Crippen molar-refractivity contribution in [1.82, 2.24) is 0 Å². The summed E-state index contributed by atoms with van der Waals surface area (Å²) in [6.07, 6.45) is 0. The monoisotopic (exact) mass is 202 g/mol. The fourth-order valence-corrected chi connectivity index (χ4v) is 0.538. The average Bonchev–Trinajstić information content (AvgIpc) is 2.17. The molecule has 3 nitrogen and oxygen atoms in total. The SMILES string of the molecule is CC1(CO)O[CH-]CO1.[Rb+]. The van der Waals surface area contributed by atoms with E-state index in [1.54, 1.807) is 6.92 Å². The molecule has 0 radical (unpaired) electrons. The van der Waals surface area contributed by atoms with Crippen LogP contribution < -0.4 is 58.2 Å². The third kappa shape index (κ3) is 3.05. The van der Waals surface area contributed by atoms with Crippen molar-refractivity contribution in [2.24, 2.45) is 0 Å². The van der Waals surface area contributed by atoms with Crippen LogP contribution >= 0.6 is 0 Å². The van der Waals surface area contributed by atoms with Gasteiger partial charge in [0.25, 0.3) is 0 Å². The molecular formula is C5H9O3Rb. The second kappa shape index (κ2) is 4.54. The van der Waals surface area contributed by atoms with Crippen LogP contribution in [0.3, 0.4) is 0 Å². The molecule has 1 rings (SSSR count). The Hall–Kier alpha value is 1.69. The van der Waals surface area contributed by atoms with Gasteiger partial charge < -0.3 is 14.6 Å². The normalized spacial score (nSPS) is 34.0. The summed E-state index contributed by atoms with van der Waals surface area (Å²) in [6, 6.07) is 0. The molecule has 1 aliphatic rings. The van der Waals surface area contributed by atoms with Crippen LogP contribution in [0.15, 0.2) is 0 Å². The van der Waals surface area contributed by atoms with Gasteiger partial charge in [-0.25, -0.2) is 0 Å². The van der Waals surface area contributed by atoms with Gasteiger partial charge in [0.05, 0.1) is 6.61 Å². The van der Waals surface area contributed by atoms with Crippen LogP contribution in [-0.2, 0) is 9.47 Å². The van der Waals surface area contributed by atoms with Crippen molar-refractivity contribution in [2.75, 3.05) is 13.2 Å². The van der Waals surface area contributed by atoms with Crippen molar-refractivity contribution in [3.05, 3.63) is 6.61 Å². The van der Waals surface area contributed by atoms with Crippen molar-refractivity contribution in [1.29, 1.82) is 0 Å². The standard InChI is InChI=1S/C5H9O3.Rb/c1-5(4-6)7-2-3-8-5;/h2,6H,3-4H2,1H3;/q-1;+1. The summed E-state index contributed by atoms with van der Waals surface area (Å²) in [6.45, 7) is 3.60. The summed E-state index contributed by atoms with van der Waals surface area (Å²) in [5, 5.41) is 8.56. The number of hydrogen-bond donors (Lipinski definition) is 1. The van der Waals surface area contributed by atoms with Gasteiger partial charge in [-0.15, -0.1) is 0 Å². The Bertz CT molecular complexity index is 80.3. The molecular weight excluding hydrogens is 194 g/mol. The maximum absolute atomic E-state index is 8.56. The maximum atomic E-state index is 8.56. The number of aliphatic hydroxyl groups is 1. The molecule has 1 unspecified atom stereocenters. The molecule has 1 aliphatic heterocycles. The van der Waals surface area contributed by atoms with E-state index < -0.39 is 5.79 Å². The predicted octanol–water partition coefficient (Wildman–Crippen LogP) is -3.09. The molecule has 1 heterocycles. The molecule has 0 aromatic rings. The van der Waals surface area contributed by atoms with Crippen molar-refractivity contribution < 1.29 is 72.8 Å². The number of hydrogen-bond acceptors (Lipinski definition) is 3. The Morgan fingerprint density at radius 2 is 2.44 bits per heavy atom. The van der Waals surface area contributed by atoms with Crippen LogP contribution in [-0.4, -0.2) is 24.1 Å². The van der Waals surface area contributed by atoms with Gasteiger partial charge in [0.2, 0.25) is 0 Å². The van der Waals surface area contributed by atoms with Crippen molar-refractivity contribution in [2.45, 2.75) is 12.7 Å². The molecule has 1 N–H and O–H groups in total. The summed E-state index contributed by atoms with van der Waals surface area (Å²) in [7, 11) is 0. The van der Waals surface area contributed by atoms with Gasteiger partial charge in [-0.1, -0.05) is 6.61 Å². The van der Waals surface area contributed by atoms with E-state index in [1.165, 1.54) is 6.61 Å². The molecule has 0 aliphatic carbocycles. The van der Waals surface area contributed by atoms with Crippen LogP contribution in [0.25, 0.3) is 0 Å².